The zero-order chi connectivity index (χ0) is 18.2. The van der Waals surface area contributed by atoms with Crippen LogP contribution in [0.4, 0.5) is 11.4 Å². The van der Waals surface area contributed by atoms with Gasteiger partial charge in [-0.1, -0.05) is 23.7 Å². The van der Waals surface area contributed by atoms with Gasteiger partial charge in [0.1, 0.15) is 17.4 Å². The summed E-state index contributed by atoms with van der Waals surface area (Å²) in [5.41, 5.74) is 7.57. The largest absolute Gasteiger partial charge is 0.508 e. The number of phenolic OH excluding ortho intramolecular Hbond substituents is 1. The van der Waals surface area contributed by atoms with Gasteiger partial charge in [-0.25, -0.2) is 0 Å². The van der Waals surface area contributed by atoms with Gasteiger partial charge in [-0.2, -0.15) is 5.26 Å². The summed E-state index contributed by atoms with van der Waals surface area (Å²) in [6.07, 6.45) is 1.88. The highest BCUT2D eigenvalue weighted by atomic mass is 35.5. The molecule has 7 heteroatoms. The maximum absolute atomic E-state index is 12.0. The Bertz CT molecular complexity index is 826. The summed E-state index contributed by atoms with van der Waals surface area (Å²) >= 11 is 6.03. The predicted molar refractivity (Wildman–Crippen MR) is 98.0 cm³/mol. The van der Waals surface area contributed by atoms with Gasteiger partial charge in [-0.3, -0.25) is 4.79 Å². The van der Waals surface area contributed by atoms with Gasteiger partial charge in [0.2, 0.25) is 0 Å². The van der Waals surface area contributed by atoms with Crippen molar-refractivity contribution >= 4 is 28.9 Å². The van der Waals surface area contributed by atoms with E-state index in [2.05, 4.69) is 10.6 Å². The average molecular weight is 357 g/mol. The summed E-state index contributed by atoms with van der Waals surface area (Å²) in [6.45, 7) is 0.366. The van der Waals surface area contributed by atoms with E-state index < -0.39 is 5.91 Å². The van der Waals surface area contributed by atoms with Crippen molar-refractivity contribution in [2.75, 3.05) is 17.6 Å². The second-order valence-electron chi connectivity index (χ2n) is 5.23. The molecule has 0 aromatic heterocycles. The van der Waals surface area contributed by atoms with Crippen LogP contribution in [-0.4, -0.2) is 17.6 Å². The van der Waals surface area contributed by atoms with Crippen LogP contribution in [0.25, 0.3) is 0 Å². The van der Waals surface area contributed by atoms with Gasteiger partial charge in [0, 0.05) is 18.4 Å². The number of phenols is 1. The van der Waals surface area contributed by atoms with E-state index in [0.717, 1.165) is 5.56 Å². The molecule has 0 aliphatic heterocycles. The number of benzene rings is 2. The summed E-state index contributed by atoms with van der Waals surface area (Å²) in [6, 6.07) is 13.4. The van der Waals surface area contributed by atoms with Crippen molar-refractivity contribution in [2.45, 2.75) is 6.42 Å². The van der Waals surface area contributed by atoms with Crippen molar-refractivity contribution in [1.29, 1.82) is 5.26 Å². The first-order valence-electron chi connectivity index (χ1n) is 7.47. The van der Waals surface area contributed by atoms with Gasteiger partial charge in [-0.05, 0) is 42.3 Å². The molecular formula is C18H17ClN4O2. The van der Waals surface area contributed by atoms with Crippen molar-refractivity contribution in [2.24, 2.45) is 0 Å². The molecule has 0 fully saturated rings. The smallest absolute Gasteiger partial charge is 0.263 e. The van der Waals surface area contributed by atoms with Gasteiger partial charge < -0.3 is 21.5 Å². The number of rotatable bonds is 6. The lowest BCUT2D eigenvalue weighted by Gasteiger charge is -2.07. The normalized spacial score (nSPS) is 10.8. The molecular weight excluding hydrogens is 340 g/mol. The third-order valence-electron chi connectivity index (χ3n) is 3.37. The zero-order valence-corrected chi connectivity index (χ0v) is 14.0. The second kappa shape index (κ2) is 8.62. The van der Waals surface area contributed by atoms with Crippen LogP contribution in [0.3, 0.4) is 0 Å². The Labute approximate surface area is 150 Å². The van der Waals surface area contributed by atoms with Crippen molar-refractivity contribution in [1.82, 2.24) is 5.32 Å². The molecule has 0 saturated heterocycles. The Morgan fingerprint density at radius 2 is 2.00 bits per heavy atom. The fourth-order valence-electron chi connectivity index (χ4n) is 2.03. The minimum atomic E-state index is -0.486. The molecule has 0 spiro atoms. The molecule has 0 bridgehead atoms. The standard InChI is InChI=1S/C18H17ClN4O2/c19-16-9-14(21)3-6-17(16)23-11-13(10-20)18(25)22-8-7-12-1-4-15(24)5-2-12/h1-6,9,11,23-24H,7-8,21H2,(H,22,25)/b13-11-. The second-order valence-corrected chi connectivity index (χ2v) is 5.63. The number of amides is 1. The van der Waals surface area contributed by atoms with Crippen molar-refractivity contribution in [3.05, 3.63) is 64.8 Å². The van der Waals surface area contributed by atoms with Crippen LogP contribution in [0.15, 0.2) is 54.2 Å². The van der Waals surface area contributed by atoms with Crippen LogP contribution < -0.4 is 16.4 Å². The molecule has 2 rings (SSSR count). The molecule has 6 nitrogen and oxygen atoms in total. The van der Waals surface area contributed by atoms with E-state index in [4.69, 9.17) is 22.6 Å². The number of nitrogens with zero attached hydrogens (tertiary/aromatic N) is 1. The third kappa shape index (κ3) is 5.44. The predicted octanol–water partition coefficient (Wildman–Crippen LogP) is 2.81. The highest BCUT2D eigenvalue weighted by molar-refractivity contribution is 6.33. The van der Waals surface area contributed by atoms with Gasteiger partial charge in [0.15, 0.2) is 0 Å². The van der Waals surface area contributed by atoms with Crippen LogP contribution in [0.5, 0.6) is 5.75 Å². The molecule has 5 N–H and O–H groups in total. The minimum Gasteiger partial charge on any atom is -0.508 e. The molecule has 2 aromatic rings. The Balaban J connectivity index is 1.91. The van der Waals surface area contributed by atoms with E-state index in [1.807, 2.05) is 6.07 Å². The first kappa shape index (κ1) is 18.2. The molecule has 1 amide bonds. The van der Waals surface area contributed by atoms with Gasteiger partial charge in [0.25, 0.3) is 5.91 Å². The molecule has 0 saturated carbocycles. The number of nitrogens with two attached hydrogens (primary N) is 1. The van der Waals surface area contributed by atoms with E-state index in [1.165, 1.54) is 6.20 Å². The monoisotopic (exact) mass is 356 g/mol. The topological polar surface area (TPSA) is 111 Å². The number of nitrogen functional groups attached to an aromatic ring is 1. The van der Waals surface area contributed by atoms with E-state index in [1.54, 1.807) is 42.5 Å². The fraction of sp³-hybridized carbons (Fsp3) is 0.111. The van der Waals surface area contributed by atoms with Gasteiger partial charge in [0.05, 0.1) is 10.7 Å². The van der Waals surface area contributed by atoms with Crippen LogP contribution in [0.2, 0.25) is 5.02 Å². The lowest BCUT2D eigenvalue weighted by atomic mass is 10.1. The van der Waals surface area contributed by atoms with E-state index in [9.17, 15) is 9.90 Å². The average Bonchev–Trinajstić information content (AvgIpc) is 2.59. The number of aromatic hydroxyl groups is 1. The summed E-state index contributed by atoms with van der Waals surface area (Å²) in [7, 11) is 0. The summed E-state index contributed by atoms with van der Waals surface area (Å²) < 4.78 is 0. The summed E-state index contributed by atoms with van der Waals surface area (Å²) in [5.74, 6) is -0.296. The molecule has 25 heavy (non-hydrogen) atoms. The highest BCUT2D eigenvalue weighted by Gasteiger charge is 2.09. The first-order chi connectivity index (χ1) is 12.0. The molecule has 0 atom stereocenters. The molecule has 0 aliphatic carbocycles. The number of anilines is 2. The Kier molecular flexibility index (Phi) is 6.26. The van der Waals surface area contributed by atoms with Crippen molar-refractivity contribution in [3.63, 3.8) is 0 Å². The molecule has 0 aliphatic rings. The van der Waals surface area contributed by atoms with E-state index in [0.29, 0.717) is 29.4 Å². The quantitative estimate of drug-likeness (QED) is 0.361. The minimum absolute atomic E-state index is 0.0707. The SMILES string of the molecule is N#C/C(=C/Nc1ccc(N)cc1Cl)C(=O)NCCc1ccc(O)cc1. The Morgan fingerprint density at radius 3 is 2.64 bits per heavy atom. The van der Waals surface area contributed by atoms with Crippen molar-refractivity contribution in [3.8, 4) is 11.8 Å². The fourth-order valence-corrected chi connectivity index (χ4v) is 2.27. The lowest BCUT2D eigenvalue weighted by molar-refractivity contribution is -0.117. The molecule has 0 unspecified atom stereocenters. The van der Waals surface area contributed by atoms with Crippen LogP contribution in [0, 0.1) is 11.3 Å². The highest BCUT2D eigenvalue weighted by Crippen LogP contribution is 2.24. The van der Waals surface area contributed by atoms with Gasteiger partial charge >= 0.3 is 0 Å². The number of nitriles is 1. The van der Waals surface area contributed by atoms with Crippen molar-refractivity contribution < 1.29 is 9.90 Å². The molecule has 0 heterocycles. The molecule has 2 aromatic carbocycles. The number of halogens is 1. The maximum atomic E-state index is 12.0. The third-order valence-corrected chi connectivity index (χ3v) is 3.68. The Hall–Kier alpha value is -3.17. The maximum Gasteiger partial charge on any atom is 0.263 e. The number of hydrogen-bond donors (Lipinski definition) is 4. The van der Waals surface area contributed by atoms with E-state index >= 15 is 0 Å². The van der Waals surface area contributed by atoms with Crippen LogP contribution in [0.1, 0.15) is 5.56 Å². The lowest BCUT2D eigenvalue weighted by Crippen LogP contribution is -2.27. The molecule has 0 radical (unpaired) electrons. The number of hydrogen-bond acceptors (Lipinski definition) is 5. The number of carbonyl (C=O) groups is 1. The first-order valence-corrected chi connectivity index (χ1v) is 7.85. The zero-order valence-electron chi connectivity index (χ0n) is 13.3. The van der Waals surface area contributed by atoms with Gasteiger partial charge in [-0.15, -0.1) is 0 Å². The Morgan fingerprint density at radius 1 is 1.28 bits per heavy atom. The summed E-state index contributed by atoms with van der Waals surface area (Å²) in [5, 5.41) is 24.2. The number of nitrogens with one attached hydrogen (secondary N) is 2. The molecule has 128 valence electrons. The van der Waals surface area contributed by atoms with Crippen LogP contribution in [-0.2, 0) is 11.2 Å². The summed E-state index contributed by atoms with van der Waals surface area (Å²) in [4.78, 5) is 12.0. The van der Waals surface area contributed by atoms with E-state index in [-0.39, 0.29) is 11.3 Å². The number of carbonyl (C=O) groups excluding carboxylic acids is 1. The van der Waals surface area contributed by atoms with Crippen LogP contribution >= 0.6 is 11.6 Å².